The van der Waals surface area contributed by atoms with E-state index in [9.17, 15) is 14.4 Å². The lowest BCUT2D eigenvalue weighted by Gasteiger charge is -2.11. The number of carbonyl (C=O) groups excluding carboxylic acids is 3. The van der Waals surface area contributed by atoms with Crippen LogP contribution in [0.3, 0.4) is 0 Å². The summed E-state index contributed by atoms with van der Waals surface area (Å²) in [6, 6.07) is 10.9. The highest BCUT2D eigenvalue weighted by molar-refractivity contribution is 8.77. The molecule has 1 aliphatic rings. The molecule has 0 aliphatic carbocycles. The number of Topliss-reactive ketones (excluding diaryl/α,β-unsaturated/α-hetero) is 2. The maximum Gasteiger partial charge on any atom is 0.311 e. The van der Waals surface area contributed by atoms with Gasteiger partial charge in [0.1, 0.15) is 11.6 Å². The largest absolute Gasteiger partial charge is 0.493 e. The summed E-state index contributed by atoms with van der Waals surface area (Å²) < 4.78 is 21.8. The SMILES string of the molecule is C/C=C/Oc1ccc(CCC(=O)CC(=O)CCc2ccc(OC(=O)CCCCC3CCSS3)c(OC)c2)cc1OC. The van der Waals surface area contributed by atoms with Crippen molar-refractivity contribution in [3.8, 4) is 23.0 Å². The Hall–Kier alpha value is -2.91. The minimum absolute atomic E-state index is 0.0925. The number of ketones is 2. The maximum absolute atomic E-state index is 12.5. The van der Waals surface area contributed by atoms with Gasteiger partial charge in [0.15, 0.2) is 23.0 Å². The van der Waals surface area contributed by atoms with Crippen molar-refractivity contribution in [2.45, 2.75) is 76.4 Å². The Labute approximate surface area is 251 Å². The summed E-state index contributed by atoms with van der Waals surface area (Å²) in [4.78, 5) is 37.3. The zero-order valence-electron chi connectivity index (χ0n) is 24.1. The van der Waals surface area contributed by atoms with E-state index in [1.165, 1.54) is 19.3 Å². The van der Waals surface area contributed by atoms with Gasteiger partial charge in [0, 0.05) is 30.3 Å². The van der Waals surface area contributed by atoms with Crippen molar-refractivity contribution in [1.82, 2.24) is 0 Å². The van der Waals surface area contributed by atoms with Gasteiger partial charge in [0.2, 0.25) is 0 Å². The van der Waals surface area contributed by atoms with Gasteiger partial charge in [-0.1, -0.05) is 46.2 Å². The lowest BCUT2D eigenvalue weighted by molar-refractivity contribution is -0.134. The number of benzene rings is 2. The molecule has 2 aromatic rings. The topological polar surface area (TPSA) is 88.1 Å². The Bertz CT molecular complexity index is 1190. The van der Waals surface area contributed by atoms with Gasteiger partial charge in [-0.3, -0.25) is 14.4 Å². The van der Waals surface area contributed by atoms with Crippen LogP contribution in [-0.2, 0) is 27.2 Å². The van der Waals surface area contributed by atoms with E-state index >= 15 is 0 Å². The zero-order chi connectivity index (χ0) is 29.5. The highest BCUT2D eigenvalue weighted by Gasteiger charge is 2.17. The smallest absolute Gasteiger partial charge is 0.311 e. The molecule has 1 unspecified atom stereocenters. The number of unbranched alkanes of at least 4 members (excludes halogenated alkanes) is 1. The molecular formula is C32H40O7S2. The number of hydrogen-bond donors (Lipinski definition) is 0. The van der Waals surface area contributed by atoms with E-state index in [0.717, 1.165) is 30.4 Å². The first kappa shape index (κ1) is 32.6. The molecule has 1 atom stereocenters. The molecule has 1 fully saturated rings. The molecular weight excluding hydrogens is 560 g/mol. The van der Waals surface area contributed by atoms with Crippen molar-refractivity contribution in [1.29, 1.82) is 0 Å². The molecule has 3 rings (SSSR count). The molecule has 0 amide bonds. The van der Waals surface area contributed by atoms with Gasteiger partial charge in [-0.25, -0.2) is 0 Å². The second-order valence-corrected chi connectivity index (χ2v) is 12.6. The summed E-state index contributed by atoms with van der Waals surface area (Å²) in [5.74, 6) is 2.78. The second kappa shape index (κ2) is 17.8. The average Bonchev–Trinajstić information content (AvgIpc) is 3.50. The average molecular weight is 601 g/mol. The minimum atomic E-state index is -0.269. The monoisotopic (exact) mass is 600 g/mol. The molecule has 7 nitrogen and oxygen atoms in total. The summed E-state index contributed by atoms with van der Waals surface area (Å²) in [6.07, 6.45) is 9.38. The summed E-state index contributed by atoms with van der Waals surface area (Å²) in [5, 5.41) is 0.713. The van der Waals surface area contributed by atoms with Crippen molar-refractivity contribution < 1.29 is 33.3 Å². The Morgan fingerprint density at radius 3 is 2.07 bits per heavy atom. The molecule has 0 aromatic heterocycles. The van der Waals surface area contributed by atoms with Gasteiger partial charge in [0.05, 0.1) is 26.9 Å². The summed E-state index contributed by atoms with van der Waals surface area (Å²) >= 11 is 0. The number of allylic oxidation sites excluding steroid dienone is 1. The van der Waals surface area contributed by atoms with E-state index in [-0.39, 0.29) is 36.8 Å². The van der Waals surface area contributed by atoms with Crippen LogP contribution < -0.4 is 18.9 Å². The van der Waals surface area contributed by atoms with Crippen molar-refractivity contribution in [3.63, 3.8) is 0 Å². The van der Waals surface area contributed by atoms with Gasteiger partial charge in [-0.05, 0) is 74.4 Å². The molecule has 0 saturated carbocycles. The molecule has 41 heavy (non-hydrogen) atoms. The number of esters is 1. The van der Waals surface area contributed by atoms with Crippen LogP contribution in [0.2, 0.25) is 0 Å². The molecule has 222 valence electrons. The van der Waals surface area contributed by atoms with E-state index < -0.39 is 0 Å². The lowest BCUT2D eigenvalue weighted by atomic mass is 10.0. The Morgan fingerprint density at radius 2 is 1.49 bits per heavy atom. The van der Waals surface area contributed by atoms with Gasteiger partial charge < -0.3 is 18.9 Å². The molecule has 9 heteroatoms. The third kappa shape index (κ3) is 11.5. The Kier molecular flexibility index (Phi) is 14.2. The van der Waals surface area contributed by atoms with Gasteiger partial charge >= 0.3 is 5.97 Å². The van der Waals surface area contributed by atoms with Crippen LogP contribution in [0.15, 0.2) is 48.7 Å². The first-order valence-corrected chi connectivity index (χ1v) is 16.4. The fourth-order valence-electron chi connectivity index (χ4n) is 4.40. The second-order valence-electron chi connectivity index (χ2n) is 9.86. The van der Waals surface area contributed by atoms with Crippen LogP contribution >= 0.6 is 21.6 Å². The van der Waals surface area contributed by atoms with Crippen molar-refractivity contribution >= 4 is 39.1 Å². The van der Waals surface area contributed by atoms with E-state index in [4.69, 9.17) is 18.9 Å². The van der Waals surface area contributed by atoms with Crippen molar-refractivity contribution in [2.24, 2.45) is 0 Å². The number of rotatable bonds is 18. The number of carbonyl (C=O) groups is 3. The fraction of sp³-hybridized carbons (Fsp3) is 0.469. The third-order valence-corrected chi connectivity index (χ3v) is 9.68. The molecule has 1 heterocycles. The third-order valence-electron chi connectivity index (χ3n) is 6.67. The number of ether oxygens (including phenoxy) is 4. The van der Waals surface area contributed by atoms with E-state index in [2.05, 4.69) is 0 Å². The first-order chi connectivity index (χ1) is 19.9. The normalized spacial score (nSPS) is 14.7. The molecule has 2 aromatic carbocycles. The molecule has 0 bridgehead atoms. The number of aryl methyl sites for hydroxylation is 2. The van der Waals surface area contributed by atoms with Crippen LogP contribution in [0.4, 0.5) is 0 Å². The van der Waals surface area contributed by atoms with E-state index in [0.29, 0.717) is 47.5 Å². The highest BCUT2D eigenvalue weighted by Crippen LogP contribution is 2.40. The number of methoxy groups -OCH3 is 2. The van der Waals surface area contributed by atoms with E-state index in [1.807, 2.05) is 46.7 Å². The van der Waals surface area contributed by atoms with Crippen LogP contribution in [0.5, 0.6) is 23.0 Å². The maximum atomic E-state index is 12.5. The standard InChI is InChI=1S/C32H40O7S2/c1-4-18-38-28-15-11-23(20-30(28)36-2)9-13-25(33)22-26(34)14-10-24-12-16-29(31(21-24)37-3)39-32(35)8-6-5-7-27-17-19-40-41-27/h4,11-12,15-16,18,20-21,27H,5-10,13-14,17,19,22H2,1-3H3/b18-4+. The molecule has 1 aliphatic heterocycles. The van der Waals surface area contributed by atoms with Crippen LogP contribution in [0.1, 0.15) is 69.4 Å². The molecule has 1 saturated heterocycles. The summed E-state index contributed by atoms with van der Waals surface area (Å²) in [5.41, 5.74) is 1.81. The first-order valence-electron chi connectivity index (χ1n) is 14.1. The minimum Gasteiger partial charge on any atom is -0.493 e. The van der Waals surface area contributed by atoms with Crippen LogP contribution in [0.25, 0.3) is 0 Å². The Balaban J connectivity index is 1.39. The van der Waals surface area contributed by atoms with Gasteiger partial charge in [-0.2, -0.15) is 0 Å². The fourth-order valence-corrected chi connectivity index (χ4v) is 7.43. The summed E-state index contributed by atoms with van der Waals surface area (Å²) in [7, 11) is 6.99. The molecule has 0 radical (unpaired) electrons. The van der Waals surface area contributed by atoms with Gasteiger partial charge in [0.25, 0.3) is 0 Å². The highest BCUT2D eigenvalue weighted by atomic mass is 33.1. The van der Waals surface area contributed by atoms with E-state index in [1.54, 1.807) is 37.6 Å². The van der Waals surface area contributed by atoms with Gasteiger partial charge in [-0.15, -0.1) is 0 Å². The predicted molar refractivity (Wildman–Crippen MR) is 165 cm³/mol. The Morgan fingerprint density at radius 1 is 0.854 bits per heavy atom. The van der Waals surface area contributed by atoms with Crippen LogP contribution in [-0.4, -0.2) is 42.8 Å². The zero-order valence-corrected chi connectivity index (χ0v) is 25.8. The number of hydrogen-bond acceptors (Lipinski definition) is 9. The van der Waals surface area contributed by atoms with Crippen molar-refractivity contribution in [2.75, 3.05) is 20.0 Å². The molecule has 0 spiro atoms. The predicted octanol–water partition coefficient (Wildman–Crippen LogP) is 7.33. The van der Waals surface area contributed by atoms with Crippen molar-refractivity contribution in [3.05, 3.63) is 59.9 Å². The summed E-state index contributed by atoms with van der Waals surface area (Å²) in [6.45, 7) is 1.86. The molecule has 0 N–H and O–H groups in total. The lowest BCUT2D eigenvalue weighted by Crippen LogP contribution is -2.10. The van der Waals surface area contributed by atoms with Crippen LogP contribution in [0, 0.1) is 0 Å². The quantitative estimate of drug-likeness (QED) is 0.0436.